The Labute approximate surface area is 115 Å². The zero-order valence-electron chi connectivity index (χ0n) is 9.71. The average Bonchev–Trinajstić information content (AvgIpc) is 2.34. The van der Waals surface area contributed by atoms with Crippen LogP contribution in [-0.4, -0.2) is 36.2 Å². The van der Waals surface area contributed by atoms with Crippen molar-refractivity contribution in [3.05, 3.63) is 27.2 Å². The number of benzene rings is 1. The summed E-state index contributed by atoms with van der Waals surface area (Å²) >= 11 is 9.36. The molecule has 2 rings (SSSR count). The summed E-state index contributed by atoms with van der Waals surface area (Å²) in [6.07, 6.45) is 0. The van der Waals surface area contributed by atoms with Gasteiger partial charge in [-0.05, 0) is 35.0 Å². The lowest BCUT2D eigenvalue weighted by molar-refractivity contribution is 0.183. The molecule has 0 saturated carbocycles. The van der Waals surface area contributed by atoms with E-state index < -0.39 is 0 Å². The Kier molecular flexibility index (Phi) is 4.31. The van der Waals surface area contributed by atoms with Crippen LogP contribution in [0.15, 0.2) is 16.6 Å². The standard InChI is InChI=1S/C12H16BrClN2O/c1-8(16-4-2-15-3-5-16)10-6-9(14)7-11(13)12(10)17/h6-8,15,17H,2-5H2,1H3/t8-/m0/s1. The third kappa shape index (κ3) is 2.94. The maximum atomic E-state index is 10.1. The van der Waals surface area contributed by atoms with Crippen LogP contribution in [0, 0.1) is 0 Å². The van der Waals surface area contributed by atoms with Crippen LogP contribution in [0.1, 0.15) is 18.5 Å². The second kappa shape index (κ2) is 5.57. The van der Waals surface area contributed by atoms with E-state index in [1.54, 1.807) is 6.07 Å². The number of phenolic OH excluding ortho intramolecular Hbond substituents is 1. The molecule has 94 valence electrons. The number of halogens is 2. The van der Waals surface area contributed by atoms with Gasteiger partial charge in [0, 0.05) is 42.8 Å². The Balaban J connectivity index is 2.26. The summed E-state index contributed by atoms with van der Waals surface area (Å²) < 4.78 is 0.655. The summed E-state index contributed by atoms with van der Waals surface area (Å²) in [4.78, 5) is 2.34. The molecule has 1 aliphatic heterocycles. The molecule has 2 N–H and O–H groups in total. The molecule has 0 aliphatic carbocycles. The van der Waals surface area contributed by atoms with Crippen molar-refractivity contribution in [2.75, 3.05) is 26.2 Å². The van der Waals surface area contributed by atoms with Gasteiger partial charge in [-0.2, -0.15) is 0 Å². The molecule has 0 spiro atoms. The fraction of sp³-hybridized carbons (Fsp3) is 0.500. The van der Waals surface area contributed by atoms with Crippen molar-refractivity contribution in [2.45, 2.75) is 13.0 Å². The Morgan fingerprint density at radius 1 is 1.41 bits per heavy atom. The zero-order chi connectivity index (χ0) is 12.4. The van der Waals surface area contributed by atoms with Gasteiger partial charge in [0.15, 0.2) is 0 Å². The van der Waals surface area contributed by atoms with Crippen LogP contribution in [0.4, 0.5) is 0 Å². The van der Waals surface area contributed by atoms with E-state index in [4.69, 9.17) is 11.6 Å². The molecule has 0 aromatic heterocycles. The molecule has 0 unspecified atom stereocenters. The van der Waals surface area contributed by atoms with E-state index in [0.717, 1.165) is 31.7 Å². The molecule has 1 atom stereocenters. The van der Waals surface area contributed by atoms with Gasteiger partial charge >= 0.3 is 0 Å². The van der Waals surface area contributed by atoms with Gasteiger partial charge in [0.2, 0.25) is 0 Å². The Hall–Kier alpha value is -0.290. The van der Waals surface area contributed by atoms with E-state index in [1.807, 2.05) is 6.07 Å². The van der Waals surface area contributed by atoms with E-state index >= 15 is 0 Å². The van der Waals surface area contributed by atoms with E-state index in [1.165, 1.54) is 0 Å². The van der Waals surface area contributed by atoms with E-state index in [9.17, 15) is 5.11 Å². The number of aromatic hydroxyl groups is 1. The van der Waals surface area contributed by atoms with Gasteiger partial charge in [0.1, 0.15) is 5.75 Å². The number of hydrogen-bond donors (Lipinski definition) is 2. The predicted molar refractivity (Wildman–Crippen MR) is 73.7 cm³/mol. The van der Waals surface area contributed by atoms with Crippen molar-refractivity contribution >= 4 is 27.5 Å². The number of rotatable bonds is 2. The lowest BCUT2D eigenvalue weighted by Gasteiger charge is -2.33. The summed E-state index contributed by atoms with van der Waals surface area (Å²) in [5, 5.41) is 14.0. The maximum absolute atomic E-state index is 10.1. The molecule has 1 heterocycles. The van der Waals surface area contributed by atoms with Crippen LogP contribution < -0.4 is 5.32 Å². The molecule has 0 bridgehead atoms. The monoisotopic (exact) mass is 318 g/mol. The average molecular weight is 320 g/mol. The Morgan fingerprint density at radius 3 is 2.71 bits per heavy atom. The molecule has 1 saturated heterocycles. The van der Waals surface area contributed by atoms with Gasteiger partial charge in [-0.15, -0.1) is 0 Å². The number of nitrogens with zero attached hydrogens (tertiary/aromatic N) is 1. The van der Waals surface area contributed by atoms with Crippen LogP contribution in [-0.2, 0) is 0 Å². The van der Waals surface area contributed by atoms with E-state index in [-0.39, 0.29) is 6.04 Å². The minimum Gasteiger partial charge on any atom is -0.506 e. The third-order valence-electron chi connectivity index (χ3n) is 3.21. The van der Waals surface area contributed by atoms with Gasteiger partial charge in [-0.1, -0.05) is 11.6 Å². The van der Waals surface area contributed by atoms with Crippen molar-refractivity contribution in [3.8, 4) is 5.75 Å². The van der Waals surface area contributed by atoms with Crippen molar-refractivity contribution < 1.29 is 5.11 Å². The minimum absolute atomic E-state index is 0.173. The first-order chi connectivity index (χ1) is 8.09. The van der Waals surface area contributed by atoms with Crippen molar-refractivity contribution in [2.24, 2.45) is 0 Å². The zero-order valence-corrected chi connectivity index (χ0v) is 12.1. The molecule has 0 radical (unpaired) electrons. The molecule has 5 heteroatoms. The van der Waals surface area contributed by atoms with Gasteiger partial charge in [-0.3, -0.25) is 4.90 Å². The predicted octanol–water partition coefficient (Wildman–Crippen LogP) is 2.77. The molecule has 0 amide bonds. The normalized spacial score (nSPS) is 19.2. The van der Waals surface area contributed by atoms with E-state index in [2.05, 4.69) is 33.1 Å². The summed E-state index contributed by atoms with van der Waals surface area (Å²) in [5.74, 6) is 0.292. The van der Waals surface area contributed by atoms with Gasteiger partial charge in [-0.25, -0.2) is 0 Å². The second-order valence-corrected chi connectivity index (χ2v) is 5.58. The highest BCUT2D eigenvalue weighted by Crippen LogP contribution is 2.37. The molecular weight excluding hydrogens is 304 g/mol. The highest BCUT2D eigenvalue weighted by molar-refractivity contribution is 9.10. The Morgan fingerprint density at radius 2 is 2.06 bits per heavy atom. The molecule has 1 aromatic rings. The highest BCUT2D eigenvalue weighted by Gasteiger charge is 2.21. The topological polar surface area (TPSA) is 35.5 Å². The highest BCUT2D eigenvalue weighted by atomic mass is 79.9. The number of phenols is 1. The van der Waals surface area contributed by atoms with Crippen molar-refractivity contribution in [3.63, 3.8) is 0 Å². The van der Waals surface area contributed by atoms with Gasteiger partial charge in [0.25, 0.3) is 0 Å². The lowest BCUT2D eigenvalue weighted by atomic mass is 10.1. The first-order valence-electron chi connectivity index (χ1n) is 5.72. The molecule has 1 aromatic carbocycles. The van der Waals surface area contributed by atoms with Crippen molar-refractivity contribution in [1.29, 1.82) is 0 Å². The SMILES string of the molecule is C[C@@H](c1cc(Cl)cc(Br)c1O)N1CCNCC1. The van der Waals surface area contributed by atoms with Crippen LogP contribution >= 0.6 is 27.5 Å². The third-order valence-corrected chi connectivity index (χ3v) is 4.03. The van der Waals surface area contributed by atoms with Crippen molar-refractivity contribution in [1.82, 2.24) is 10.2 Å². The molecular formula is C12H16BrClN2O. The first-order valence-corrected chi connectivity index (χ1v) is 6.89. The lowest BCUT2D eigenvalue weighted by Crippen LogP contribution is -2.44. The summed E-state index contributed by atoms with van der Waals surface area (Å²) in [6, 6.07) is 3.73. The molecule has 1 aliphatic rings. The first kappa shape index (κ1) is 13.1. The largest absolute Gasteiger partial charge is 0.506 e. The Bertz CT molecular complexity index is 408. The number of piperazine rings is 1. The smallest absolute Gasteiger partial charge is 0.134 e. The summed E-state index contributed by atoms with van der Waals surface area (Å²) in [7, 11) is 0. The summed E-state index contributed by atoms with van der Waals surface area (Å²) in [6.45, 7) is 6.07. The van der Waals surface area contributed by atoms with Crippen LogP contribution in [0.25, 0.3) is 0 Å². The quantitative estimate of drug-likeness (QED) is 0.880. The molecule has 1 fully saturated rings. The number of hydrogen-bond acceptors (Lipinski definition) is 3. The summed E-state index contributed by atoms with van der Waals surface area (Å²) in [5.41, 5.74) is 0.881. The fourth-order valence-electron chi connectivity index (χ4n) is 2.17. The maximum Gasteiger partial charge on any atom is 0.134 e. The second-order valence-electron chi connectivity index (χ2n) is 4.29. The minimum atomic E-state index is 0.173. The molecule has 3 nitrogen and oxygen atoms in total. The molecule has 17 heavy (non-hydrogen) atoms. The van der Waals surface area contributed by atoms with E-state index in [0.29, 0.717) is 15.2 Å². The van der Waals surface area contributed by atoms with Crippen LogP contribution in [0.2, 0.25) is 5.02 Å². The number of nitrogens with one attached hydrogen (secondary N) is 1. The van der Waals surface area contributed by atoms with Gasteiger partial charge < -0.3 is 10.4 Å². The fourth-order valence-corrected chi connectivity index (χ4v) is 3.00. The van der Waals surface area contributed by atoms with Gasteiger partial charge in [0.05, 0.1) is 4.47 Å². The van der Waals surface area contributed by atoms with Crippen LogP contribution in [0.3, 0.4) is 0 Å². The van der Waals surface area contributed by atoms with Crippen LogP contribution in [0.5, 0.6) is 5.75 Å².